The molecular formula is C11H14N2O6. The smallest absolute Gasteiger partial charge is 0.433 e. The zero-order chi connectivity index (χ0) is 14.6. The quantitative estimate of drug-likeness (QED) is 0.597. The van der Waals surface area contributed by atoms with Gasteiger partial charge in [0, 0.05) is 12.0 Å². The third-order valence-corrected chi connectivity index (χ3v) is 2.41. The molecule has 0 radical (unpaired) electrons. The molecule has 19 heavy (non-hydrogen) atoms. The first-order valence-corrected chi connectivity index (χ1v) is 5.50. The molecule has 1 amide bonds. The van der Waals surface area contributed by atoms with Crippen LogP contribution in [-0.2, 0) is 4.79 Å². The summed E-state index contributed by atoms with van der Waals surface area (Å²) < 4.78 is 4.75. The zero-order valence-corrected chi connectivity index (χ0v) is 10.5. The normalized spacial score (nSPS) is 11.1. The summed E-state index contributed by atoms with van der Waals surface area (Å²) in [6.07, 6.45) is 0.141. The molecular weight excluding hydrogens is 256 g/mol. The van der Waals surface area contributed by atoms with Crippen molar-refractivity contribution in [2.24, 2.45) is 0 Å². The van der Waals surface area contributed by atoms with E-state index in [9.17, 15) is 19.7 Å². The van der Waals surface area contributed by atoms with Crippen molar-refractivity contribution < 1.29 is 24.0 Å². The van der Waals surface area contributed by atoms with Crippen LogP contribution in [-0.4, -0.2) is 27.4 Å². The number of nitro groups is 1. The standard InChI is InChI=1S/C11H14N2O6/c1-11(2,6-5-9(14)15)12-10(16)7-3-4-8(19-7)13(17)18/h3-4H,5-6H2,1-2H3,(H,12,16)(H,14,15). The predicted molar refractivity (Wildman–Crippen MR) is 63.8 cm³/mol. The van der Waals surface area contributed by atoms with Crippen LogP contribution >= 0.6 is 0 Å². The van der Waals surface area contributed by atoms with Gasteiger partial charge in [-0.1, -0.05) is 0 Å². The highest BCUT2D eigenvalue weighted by molar-refractivity contribution is 5.92. The van der Waals surface area contributed by atoms with E-state index in [1.165, 1.54) is 6.07 Å². The highest BCUT2D eigenvalue weighted by Gasteiger charge is 2.25. The number of amides is 1. The molecule has 0 aliphatic heterocycles. The molecule has 0 aliphatic rings. The van der Waals surface area contributed by atoms with Crippen LogP contribution in [0.3, 0.4) is 0 Å². The molecule has 0 atom stereocenters. The molecule has 104 valence electrons. The summed E-state index contributed by atoms with van der Waals surface area (Å²) in [7, 11) is 0. The van der Waals surface area contributed by atoms with E-state index in [-0.39, 0.29) is 18.6 Å². The topological polar surface area (TPSA) is 123 Å². The van der Waals surface area contributed by atoms with Crippen LogP contribution in [0.1, 0.15) is 37.2 Å². The lowest BCUT2D eigenvalue weighted by Gasteiger charge is -2.24. The van der Waals surface area contributed by atoms with Crippen LogP contribution in [0.15, 0.2) is 16.5 Å². The third-order valence-electron chi connectivity index (χ3n) is 2.41. The number of nitrogens with zero attached hydrogens (tertiary/aromatic N) is 1. The monoisotopic (exact) mass is 270 g/mol. The molecule has 0 spiro atoms. The molecule has 8 heteroatoms. The van der Waals surface area contributed by atoms with E-state index in [1.807, 2.05) is 0 Å². The van der Waals surface area contributed by atoms with Gasteiger partial charge in [-0.3, -0.25) is 19.7 Å². The van der Waals surface area contributed by atoms with Gasteiger partial charge in [0.25, 0.3) is 5.91 Å². The Morgan fingerprint density at radius 3 is 2.58 bits per heavy atom. The van der Waals surface area contributed by atoms with Crippen molar-refractivity contribution in [3.05, 3.63) is 28.0 Å². The van der Waals surface area contributed by atoms with E-state index in [0.29, 0.717) is 0 Å². The van der Waals surface area contributed by atoms with Gasteiger partial charge in [0.1, 0.15) is 4.92 Å². The fraction of sp³-hybridized carbons (Fsp3) is 0.455. The third kappa shape index (κ3) is 4.41. The van der Waals surface area contributed by atoms with E-state index in [4.69, 9.17) is 9.52 Å². The molecule has 0 aromatic carbocycles. The van der Waals surface area contributed by atoms with Gasteiger partial charge < -0.3 is 14.8 Å². The summed E-state index contributed by atoms with van der Waals surface area (Å²) in [5.41, 5.74) is -0.753. The summed E-state index contributed by atoms with van der Waals surface area (Å²) in [6, 6.07) is 2.28. The lowest BCUT2D eigenvalue weighted by molar-refractivity contribution is -0.402. The van der Waals surface area contributed by atoms with Gasteiger partial charge in [0.15, 0.2) is 5.76 Å². The van der Waals surface area contributed by atoms with Gasteiger partial charge in [-0.15, -0.1) is 0 Å². The van der Waals surface area contributed by atoms with E-state index < -0.39 is 28.2 Å². The lowest BCUT2D eigenvalue weighted by Crippen LogP contribution is -2.43. The average molecular weight is 270 g/mol. The summed E-state index contributed by atoms with van der Waals surface area (Å²) in [5, 5.41) is 21.6. The highest BCUT2D eigenvalue weighted by Crippen LogP contribution is 2.17. The number of carboxylic acid groups (broad SMARTS) is 1. The van der Waals surface area contributed by atoms with Crippen molar-refractivity contribution in [3.63, 3.8) is 0 Å². The van der Waals surface area contributed by atoms with Gasteiger partial charge in [-0.05, 0) is 26.3 Å². The predicted octanol–water partition coefficient (Wildman–Crippen LogP) is 1.56. The Labute approximate surface area is 108 Å². The Morgan fingerprint density at radius 1 is 1.47 bits per heavy atom. The number of nitrogens with one attached hydrogen (secondary N) is 1. The van der Waals surface area contributed by atoms with Crippen molar-refractivity contribution in [1.29, 1.82) is 0 Å². The fourth-order valence-electron chi connectivity index (χ4n) is 1.40. The Kier molecular flexibility index (Phi) is 4.26. The van der Waals surface area contributed by atoms with Crippen LogP contribution in [0.2, 0.25) is 0 Å². The number of rotatable bonds is 6. The van der Waals surface area contributed by atoms with Gasteiger partial charge in [-0.2, -0.15) is 0 Å². The summed E-state index contributed by atoms with van der Waals surface area (Å²) in [4.78, 5) is 31.9. The molecule has 0 fully saturated rings. The molecule has 0 saturated carbocycles. The van der Waals surface area contributed by atoms with E-state index in [0.717, 1.165) is 6.07 Å². The highest BCUT2D eigenvalue weighted by atomic mass is 16.6. The molecule has 0 saturated heterocycles. The molecule has 1 heterocycles. The van der Waals surface area contributed by atoms with Crippen molar-refractivity contribution in [3.8, 4) is 0 Å². The van der Waals surface area contributed by atoms with Crippen molar-refractivity contribution >= 4 is 17.8 Å². The average Bonchev–Trinajstić information content (AvgIpc) is 2.75. The second kappa shape index (κ2) is 5.51. The Balaban J connectivity index is 2.67. The first-order chi connectivity index (χ1) is 8.71. The fourth-order valence-corrected chi connectivity index (χ4v) is 1.40. The van der Waals surface area contributed by atoms with Gasteiger partial charge in [0.2, 0.25) is 0 Å². The van der Waals surface area contributed by atoms with Gasteiger partial charge >= 0.3 is 11.9 Å². The maximum atomic E-state index is 11.8. The number of furan rings is 1. The van der Waals surface area contributed by atoms with Crippen LogP contribution in [0.4, 0.5) is 5.88 Å². The number of carbonyl (C=O) groups is 2. The Bertz CT molecular complexity index is 505. The number of hydrogen-bond acceptors (Lipinski definition) is 5. The second-order valence-corrected chi connectivity index (χ2v) is 4.63. The molecule has 1 aromatic heterocycles. The second-order valence-electron chi connectivity index (χ2n) is 4.63. The molecule has 1 rings (SSSR count). The minimum Gasteiger partial charge on any atom is -0.481 e. The van der Waals surface area contributed by atoms with E-state index >= 15 is 0 Å². The van der Waals surface area contributed by atoms with E-state index in [1.54, 1.807) is 13.8 Å². The van der Waals surface area contributed by atoms with E-state index in [2.05, 4.69) is 5.32 Å². The first-order valence-electron chi connectivity index (χ1n) is 5.50. The number of carbonyl (C=O) groups excluding carboxylic acids is 1. The maximum Gasteiger partial charge on any atom is 0.433 e. The van der Waals surface area contributed by atoms with Crippen LogP contribution in [0, 0.1) is 10.1 Å². The lowest BCUT2D eigenvalue weighted by atomic mass is 9.98. The van der Waals surface area contributed by atoms with Crippen molar-refractivity contribution in [2.45, 2.75) is 32.2 Å². The zero-order valence-electron chi connectivity index (χ0n) is 10.5. The van der Waals surface area contributed by atoms with Crippen molar-refractivity contribution in [1.82, 2.24) is 5.32 Å². The SMILES string of the molecule is CC(C)(CCC(=O)O)NC(=O)c1ccc([N+](=O)[O-])o1. The Morgan fingerprint density at radius 2 is 2.11 bits per heavy atom. The maximum absolute atomic E-state index is 11.8. The summed E-state index contributed by atoms with van der Waals surface area (Å²) in [5.74, 6) is -2.29. The Hall–Kier alpha value is -2.38. The minimum absolute atomic E-state index is 0.0917. The molecule has 2 N–H and O–H groups in total. The van der Waals surface area contributed by atoms with Crippen molar-refractivity contribution in [2.75, 3.05) is 0 Å². The van der Waals surface area contributed by atoms with Crippen LogP contribution < -0.4 is 5.32 Å². The molecule has 1 aromatic rings. The molecule has 0 unspecified atom stereocenters. The number of hydrogen-bond donors (Lipinski definition) is 2. The summed E-state index contributed by atoms with van der Waals surface area (Å²) in [6.45, 7) is 3.32. The van der Waals surface area contributed by atoms with Gasteiger partial charge in [0.05, 0.1) is 6.07 Å². The minimum atomic E-state index is -0.962. The molecule has 8 nitrogen and oxygen atoms in total. The number of carboxylic acids is 1. The molecule has 0 bridgehead atoms. The summed E-state index contributed by atoms with van der Waals surface area (Å²) >= 11 is 0. The first kappa shape index (κ1) is 14.7. The number of aliphatic carboxylic acids is 1. The van der Waals surface area contributed by atoms with Crippen LogP contribution in [0.5, 0.6) is 0 Å². The van der Waals surface area contributed by atoms with Crippen LogP contribution in [0.25, 0.3) is 0 Å². The largest absolute Gasteiger partial charge is 0.481 e. The molecule has 0 aliphatic carbocycles. The van der Waals surface area contributed by atoms with Gasteiger partial charge in [-0.25, -0.2) is 0 Å².